The van der Waals surface area contributed by atoms with Gasteiger partial charge in [-0.05, 0) is 43.2 Å². The molecule has 4 nitrogen and oxygen atoms in total. The zero-order chi connectivity index (χ0) is 15.0. The Hall–Kier alpha value is -2.62. The van der Waals surface area contributed by atoms with Gasteiger partial charge in [-0.25, -0.2) is 4.99 Å². The molecule has 1 N–H and O–H groups in total. The first kappa shape index (κ1) is 13.4. The molecule has 4 heteroatoms. The molecule has 1 aromatic carbocycles. The van der Waals surface area contributed by atoms with E-state index in [0.29, 0.717) is 23.6 Å². The molecule has 0 saturated heterocycles. The molecule has 1 aliphatic heterocycles. The Balaban J connectivity index is 2.04. The van der Waals surface area contributed by atoms with Gasteiger partial charge in [-0.15, -0.1) is 0 Å². The zero-order valence-electron chi connectivity index (χ0n) is 11.9. The molecule has 2 aliphatic rings. The van der Waals surface area contributed by atoms with Gasteiger partial charge in [0.1, 0.15) is 17.2 Å². The molecule has 1 heterocycles. The van der Waals surface area contributed by atoms with Crippen LogP contribution >= 0.6 is 0 Å². The van der Waals surface area contributed by atoms with Crippen molar-refractivity contribution in [1.82, 2.24) is 0 Å². The lowest BCUT2D eigenvalue weighted by Gasteiger charge is -2.20. The molecule has 0 spiro atoms. The number of benzene rings is 1. The summed E-state index contributed by atoms with van der Waals surface area (Å²) in [6, 6.07) is 5.25. The summed E-state index contributed by atoms with van der Waals surface area (Å²) in [7, 11) is 0. The van der Waals surface area contributed by atoms with Crippen LogP contribution in [-0.4, -0.2) is 16.8 Å². The van der Waals surface area contributed by atoms with E-state index in [4.69, 9.17) is 4.74 Å². The quantitative estimate of drug-likeness (QED) is 0.802. The SMILES string of the molecule is CC1=CC(=Nc2cc(C)ccc2O)C=C2OC(=O)CC=C12. The molecule has 1 aromatic rings. The normalized spacial score (nSPS) is 19.4. The van der Waals surface area contributed by atoms with E-state index in [1.54, 1.807) is 12.1 Å². The van der Waals surface area contributed by atoms with Crippen molar-refractivity contribution in [2.75, 3.05) is 0 Å². The van der Waals surface area contributed by atoms with Gasteiger partial charge in [0.2, 0.25) is 0 Å². The number of rotatable bonds is 1. The number of aryl methyl sites for hydroxylation is 1. The number of aromatic hydroxyl groups is 1. The van der Waals surface area contributed by atoms with Crippen molar-refractivity contribution in [1.29, 1.82) is 0 Å². The van der Waals surface area contributed by atoms with E-state index in [9.17, 15) is 9.90 Å². The second kappa shape index (κ2) is 5.05. The molecule has 0 radical (unpaired) electrons. The Morgan fingerprint density at radius 1 is 1.24 bits per heavy atom. The summed E-state index contributed by atoms with van der Waals surface area (Å²) in [6.07, 6.45) is 5.79. The Morgan fingerprint density at radius 3 is 2.86 bits per heavy atom. The van der Waals surface area contributed by atoms with Gasteiger partial charge < -0.3 is 9.84 Å². The maximum Gasteiger partial charge on any atom is 0.315 e. The number of hydrogen-bond donors (Lipinski definition) is 1. The lowest BCUT2D eigenvalue weighted by Crippen LogP contribution is -2.15. The lowest BCUT2D eigenvalue weighted by molar-refractivity contribution is -0.138. The first-order valence-corrected chi connectivity index (χ1v) is 6.73. The number of allylic oxidation sites excluding steroid dienone is 3. The van der Waals surface area contributed by atoms with Gasteiger partial charge >= 0.3 is 5.97 Å². The average molecular weight is 281 g/mol. The minimum absolute atomic E-state index is 0.125. The molecule has 3 rings (SSSR count). The van der Waals surface area contributed by atoms with E-state index >= 15 is 0 Å². The summed E-state index contributed by atoms with van der Waals surface area (Å²) in [5.41, 5.74) is 4.09. The number of hydrogen-bond acceptors (Lipinski definition) is 4. The van der Waals surface area contributed by atoms with Crippen LogP contribution in [0.2, 0.25) is 0 Å². The van der Waals surface area contributed by atoms with Crippen molar-refractivity contribution in [2.24, 2.45) is 4.99 Å². The van der Waals surface area contributed by atoms with Gasteiger partial charge in [0.05, 0.1) is 12.1 Å². The summed E-state index contributed by atoms with van der Waals surface area (Å²) >= 11 is 0. The van der Waals surface area contributed by atoms with Crippen molar-refractivity contribution in [3.05, 3.63) is 58.9 Å². The zero-order valence-corrected chi connectivity index (χ0v) is 11.9. The lowest BCUT2D eigenvalue weighted by atomic mass is 9.95. The van der Waals surface area contributed by atoms with Crippen molar-refractivity contribution in [3.8, 4) is 5.75 Å². The summed E-state index contributed by atoms with van der Waals surface area (Å²) in [5, 5.41) is 9.86. The topological polar surface area (TPSA) is 58.9 Å². The van der Waals surface area contributed by atoms with Gasteiger partial charge in [0, 0.05) is 11.6 Å². The predicted octanol–water partition coefficient (Wildman–Crippen LogP) is 3.49. The molecular formula is C17H15NO3. The number of fused-ring (bicyclic) bond motifs is 1. The number of phenolic OH excluding ortho intramolecular Hbond substituents is 1. The maximum absolute atomic E-state index is 11.4. The standard InChI is InChI=1S/C17H15NO3/c1-10-3-5-15(19)14(7-10)18-12-8-11(2)13-4-6-17(20)21-16(13)9-12/h3-5,7-9,19H,6H2,1-2H3. The molecule has 21 heavy (non-hydrogen) atoms. The van der Waals surface area contributed by atoms with E-state index in [0.717, 1.165) is 16.7 Å². The van der Waals surface area contributed by atoms with E-state index in [1.165, 1.54) is 0 Å². The highest BCUT2D eigenvalue weighted by Gasteiger charge is 2.22. The van der Waals surface area contributed by atoms with Gasteiger partial charge in [-0.2, -0.15) is 0 Å². The maximum atomic E-state index is 11.4. The second-order valence-corrected chi connectivity index (χ2v) is 5.16. The smallest absolute Gasteiger partial charge is 0.315 e. The van der Waals surface area contributed by atoms with Gasteiger partial charge in [-0.1, -0.05) is 12.1 Å². The van der Waals surface area contributed by atoms with Crippen LogP contribution < -0.4 is 0 Å². The Bertz CT molecular complexity index is 751. The summed E-state index contributed by atoms with van der Waals surface area (Å²) in [4.78, 5) is 15.8. The number of carbonyl (C=O) groups is 1. The van der Waals surface area contributed by atoms with Crippen LogP contribution in [-0.2, 0) is 9.53 Å². The molecule has 0 aromatic heterocycles. The van der Waals surface area contributed by atoms with Crippen LogP contribution in [0, 0.1) is 6.92 Å². The highest BCUT2D eigenvalue weighted by atomic mass is 16.5. The molecule has 0 saturated carbocycles. The van der Waals surface area contributed by atoms with Crippen molar-refractivity contribution >= 4 is 17.4 Å². The van der Waals surface area contributed by atoms with Crippen LogP contribution in [0.3, 0.4) is 0 Å². The van der Waals surface area contributed by atoms with Crippen LogP contribution in [0.25, 0.3) is 0 Å². The van der Waals surface area contributed by atoms with Gasteiger partial charge in [0.25, 0.3) is 0 Å². The van der Waals surface area contributed by atoms with Gasteiger partial charge in [-0.3, -0.25) is 4.79 Å². The fourth-order valence-electron chi connectivity index (χ4n) is 2.37. The van der Waals surface area contributed by atoms with Crippen LogP contribution in [0.1, 0.15) is 18.9 Å². The molecule has 0 unspecified atom stereocenters. The number of aliphatic imine (C=N–C) groups is 1. The van der Waals surface area contributed by atoms with E-state index in [-0.39, 0.29) is 11.7 Å². The Morgan fingerprint density at radius 2 is 2.05 bits per heavy atom. The van der Waals surface area contributed by atoms with Gasteiger partial charge in [0.15, 0.2) is 0 Å². The Labute approximate surface area is 122 Å². The van der Waals surface area contributed by atoms with E-state index in [2.05, 4.69) is 4.99 Å². The number of phenols is 1. The Kier molecular flexibility index (Phi) is 3.22. The highest BCUT2D eigenvalue weighted by molar-refractivity contribution is 6.09. The van der Waals surface area contributed by atoms with Crippen LogP contribution in [0.15, 0.2) is 58.3 Å². The number of esters is 1. The van der Waals surface area contributed by atoms with Crippen molar-refractivity contribution in [3.63, 3.8) is 0 Å². The number of nitrogens with zero attached hydrogens (tertiary/aromatic N) is 1. The minimum Gasteiger partial charge on any atom is -0.506 e. The molecule has 0 amide bonds. The third kappa shape index (κ3) is 2.65. The number of ether oxygens (including phenoxy) is 1. The fourth-order valence-corrected chi connectivity index (χ4v) is 2.37. The third-order valence-corrected chi connectivity index (χ3v) is 3.41. The molecule has 106 valence electrons. The molecule has 1 aliphatic carbocycles. The average Bonchev–Trinajstić information content (AvgIpc) is 2.42. The van der Waals surface area contributed by atoms with E-state index < -0.39 is 0 Å². The highest BCUT2D eigenvalue weighted by Crippen LogP contribution is 2.32. The van der Waals surface area contributed by atoms with E-state index in [1.807, 2.05) is 38.1 Å². The summed E-state index contributed by atoms with van der Waals surface area (Å²) in [5.74, 6) is 0.383. The third-order valence-electron chi connectivity index (χ3n) is 3.41. The first-order valence-electron chi connectivity index (χ1n) is 6.73. The minimum atomic E-state index is -0.266. The molecule has 0 bridgehead atoms. The molecular weight excluding hydrogens is 266 g/mol. The second-order valence-electron chi connectivity index (χ2n) is 5.16. The molecule has 0 atom stereocenters. The number of carbonyl (C=O) groups excluding carboxylic acids is 1. The fraction of sp³-hybridized carbons (Fsp3) is 0.176. The van der Waals surface area contributed by atoms with Crippen LogP contribution in [0.4, 0.5) is 5.69 Å². The first-order chi connectivity index (χ1) is 10.0. The predicted molar refractivity (Wildman–Crippen MR) is 80.6 cm³/mol. The largest absolute Gasteiger partial charge is 0.506 e. The van der Waals surface area contributed by atoms with Crippen LogP contribution in [0.5, 0.6) is 5.75 Å². The summed E-state index contributed by atoms with van der Waals surface area (Å²) in [6.45, 7) is 3.89. The summed E-state index contributed by atoms with van der Waals surface area (Å²) < 4.78 is 5.25. The van der Waals surface area contributed by atoms with Crippen molar-refractivity contribution < 1.29 is 14.6 Å². The van der Waals surface area contributed by atoms with Crippen molar-refractivity contribution in [2.45, 2.75) is 20.3 Å². The molecule has 0 fully saturated rings. The monoisotopic (exact) mass is 281 g/mol.